The lowest BCUT2D eigenvalue weighted by atomic mass is 10.3. The molecule has 0 aliphatic heterocycles. The van der Waals surface area contributed by atoms with Crippen LogP contribution in [-0.4, -0.2) is 39.4 Å². The van der Waals surface area contributed by atoms with Crippen LogP contribution in [0, 0.1) is 0 Å². The Morgan fingerprint density at radius 3 is 2.45 bits per heavy atom. The number of hydrogen-bond acceptors (Lipinski definition) is 3. The topological polar surface area (TPSA) is 127 Å². The second kappa shape index (κ2) is 6.54. The number of nitrogens with one attached hydrogen (secondary N) is 4. The zero-order valence-corrected chi connectivity index (χ0v) is 12.4. The van der Waals surface area contributed by atoms with E-state index in [1.165, 1.54) is 18.3 Å². The molecule has 2 aromatic heterocycles. The summed E-state index contributed by atoms with van der Waals surface area (Å²) in [5, 5.41) is 13.5. The van der Waals surface area contributed by atoms with E-state index in [2.05, 4.69) is 20.6 Å². The van der Waals surface area contributed by atoms with Crippen molar-refractivity contribution in [1.29, 1.82) is 0 Å². The molecule has 0 aliphatic rings. The Hall–Kier alpha value is -2.45. The minimum atomic E-state index is -1.16. The highest BCUT2D eigenvalue weighted by atomic mass is 35.5. The minimum absolute atomic E-state index is 0.110. The molecule has 0 aliphatic carbocycles. The third kappa shape index (κ3) is 3.80. The Bertz CT molecular complexity index is 718. The molecule has 5 N–H and O–H groups in total. The molecule has 0 saturated carbocycles. The maximum atomic E-state index is 11.9. The van der Waals surface area contributed by atoms with Gasteiger partial charge in [-0.15, -0.1) is 0 Å². The van der Waals surface area contributed by atoms with E-state index in [9.17, 15) is 14.4 Å². The lowest BCUT2D eigenvalue weighted by Gasteiger charge is -2.00. The second-order valence-electron chi connectivity index (χ2n) is 4.18. The van der Waals surface area contributed by atoms with E-state index < -0.39 is 24.3 Å². The second-order valence-corrected chi connectivity index (χ2v) is 4.96. The normalized spacial score (nSPS) is 10.3. The van der Waals surface area contributed by atoms with Gasteiger partial charge < -0.3 is 25.7 Å². The van der Waals surface area contributed by atoms with Gasteiger partial charge in [0, 0.05) is 6.20 Å². The van der Waals surface area contributed by atoms with Crippen LogP contribution in [0.3, 0.4) is 0 Å². The molecule has 2 heterocycles. The fraction of sp³-hybridized carbons (Fsp3) is 0.0833. The number of aliphatic carboxylic acids is 1. The number of H-pyrrole nitrogens is 2. The zero-order valence-electron chi connectivity index (χ0n) is 10.9. The smallest absolute Gasteiger partial charge is 0.322 e. The van der Waals surface area contributed by atoms with E-state index >= 15 is 0 Å². The quantitative estimate of drug-likeness (QED) is 0.565. The average Bonchev–Trinajstić information content (AvgIpc) is 3.04. The van der Waals surface area contributed by atoms with Crippen LogP contribution in [0.1, 0.15) is 21.0 Å². The van der Waals surface area contributed by atoms with Crippen LogP contribution in [0.4, 0.5) is 5.69 Å². The van der Waals surface area contributed by atoms with Crippen LogP contribution < -0.4 is 10.6 Å². The van der Waals surface area contributed by atoms with E-state index in [1.54, 1.807) is 0 Å². The summed E-state index contributed by atoms with van der Waals surface area (Å²) in [7, 11) is 0. The summed E-state index contributed by atoms with van der Waals surface area (Å²) in [5.41, 5.74) is 0.597. The molecule has 10 heteroatoms. The van der Waals surface area contributed by atoms with Crippen LogP contribution >= 0.6 is 23.2 Å². The number of carbonyl (C=O) groups is 3. The summed E-state index contributed by atoms with van der Waals surface area (Å²) in [6.45, 7) is -0.501. The third-order valence-corrected chi connectivity index (χ3v) is 3.25. The summed E-state index contributed by atoms with van der Waals surface area (Å²) < 4.78 is 0. The van der Waals surface area contributed by atoms with Gasteiger partial charge in [0.2, 0.25) is 0 Å². The van der Waals surface area contributed by atoms with Crippen molar-refractivity contribution in [2.45, 2.75) is 0 Å². The largest absolute Gasteiger partial charge is 0.480 e. The number of carboxylic acids is 1. The first-order chi connectivity index (χ1) is 10.4. The number of hydrogen-bond donors (Lipinski definition) is 5. The van der Waals surface area contributed by atoms with Gasteiger partial charge in [-0.2, -0.15) is 0 Å². The molecule has 0 unspecified atom stereocenters. The Kier molecular flexibility index (Phi) is 4.74. The van der Waals surface area contributed by atoms with Crippen molar-refractivity contribution in [2.24, 2.45) is 0 Å². The Morgan fingerprint density at radius 2 is 1.86 bits per heavy atom. The molecule has 22 heavy (non-hydrogen) atoms. The van der Waals surface area contributed by atoms with Crippen LogP contribution in [0.2, 0.25) is 10.2 Å². The van der Waals surface area contributed by atoms with Crippen LogP contribution in [0.15, 0.2) is 18.3 Å². The average molecular weight is 345 g/mol. The van der Waals surface area contributed by atoms with Crippen LogP contribution in [0.5, 0.6) is 0 Å². The predicted molar refractivity (Wildman–Crippen MR) is 79.5 cm³/mol. The van der Waals surface area contributed by atoms with Crippen molar-refractivity contribution in [3.8, 4) is 0 Å². The SMILES string of the molecule is O=C(O)CNC(=O)c1cc(NC(=O)c2cc(Cl)c(Cl)[nH]2)c[nH]1. The molecule has 2 amide bonds. The number of anilines is 1. The molecule has 0 saturated heterocycles. The molecule has 0 fully saturated rings. The van der Waals surface area contributed by atoms with Gasteiger partial charge in [0.25, 0.3) is 11.8 Å². The van der Waals surface area contributed by atoms with Gasteiger partial charge in [0.1, 0.15) is 23.1 Å². The Balaban J connectivity index is 2.01. The number of carboxylic acid groups (broad SMARTS) is 1. The van der Waals surface area contributed by atoms with E-state index in [1.807, 2.05) is 0 Å². The summed E-state index contributed by atoms with van der Waals surface area (Å²) in [5.74, 6) is -2.26. The summed E-state index contributed by atoms with van der Waals surface area (Å²) in [6.07, 6.45) is 1.39. The number of amides is 2. The predicted octanol–water partition coefficient (Wildman–Crippen LogP) is 1.72. The summed E-state index contributed by atoms with van der Waals surface area (Å²) in [6, 6.07) is 2.73. The fourth-order valence-electron chi connectivity index (χ4n) is 1.57. The molecule has 0 bridgehead atoms. The van der Waals surface area contributed by atoms with Crippen molar-refractivity contribution >= 4 is 46.7 Å². The van der Waals surface area contributed by atoms with Crippen molar-refractivity contribution in [2.75, 3.05) is 11.9 Å². The maximum absolute atomic E-state index is 11.9. The molecule has 2 rings (SSSR count). The Morgan fingerprint density at radius 1 is 1.14 bits per heavy atom. The van der Waals surface area contributed by atoms with Gasteiger partial charge in [0.15, 0.2) is 0 Å². The first-order valence-corrected chi connectivity index (χ1v) is 6.66. The van der Waals surface area contributed by atoms with Crippen LogP contribution in [-0.2, 0) is 4.79 Å². The maximum Gasteiger partial charge on any atom is 0.322 e. The van der Waals surface area contributed by atoms with Crippen molar-refractivity contribution in [3.05, 3.63) is 39.9 Å². The number of rotatable bonds is 5. The highest BCUT2D eigenvalue weighted by Gasteiger charge is 2.14. The van der Waals surface area contributed by atoms with Gasteiger partial charge in [0.05, 0.1) is 10.7 Å². The molecular weight excluding hydrogens is 335 g/mol. The van der Waals surface area contributed by atoms with E-state index in [4.69, 9.17) is 28.3 Å². The number of carbonyl (C=O) groups excluding carboxylic acids is 2. The van der Waals surface area contributed by atoms with Crippen molar-refractivity contribution in [1.82, 2.24) is 15.3 Å². The highest BCUT2D eigenvalue weighted by molar-refractivity contribution is 6.41. The van der Waals surface area contributed by atoms with E-state index in [-0.39, 0.29) is 21.6 Å². The monoisotopic (exact) mass is 344 g/mol. The van der Waals surface area contributed by atoms with Gasteiger partial charge in [-0.1, -0.05) is 23.2 Å². The van der Waals surface area contributed by atoms with Gasteiger partial charge in [-0.25, -0.2) is 0 Å². The molecule has 0 atom stereocenters. The third-order valence-electron chi connectivity index (χ3n) is 2.56. The number of aromatic amines is 2. The van der Waals surface area contributed by atoms with Crippen molar-refractivity contribution < 1.29 is 19.5 Å². The fourth-order valence-corrected chi connectivity index (χ4v) is 1.89. The van der Waals surface area contributed by atoms with Crippen LogP contribution in [0.25, 0.3) is 0 Å². The number of halogens is 2. The standard InChI is InChI=1S/C12H10Cl2N4O4/c13-6-2-8(18-10(6)14)12(22)17-5-1-7(15-3-5)11(21)16-4-9(19)20/h1-3,15,18H,4H2,(H,16,21)(H,17,22)(H,19,20). The zero-order chi connectivity index (χ0) is 16.3. The molecule has 0 radical (unpaired) electrons. The first kappa shape index (κ1) is 15.9. The van der Waals surface area contributed by atoms with E-state index in [0.717, 1.165) is 0 Å². The molecule has 0 aromatic carbocycles. The molecule has 116 valence electrons. The minimum Gasteiger partial charge on any atom is -0.480 e. The molecular formula is C12H10Cl2N4O4. The van der Waals surface area contributed by atoms with Gasteiger partial charge in [-0.3, -0.25) is 14.4 Å². The lowest BCUT2D eigenvalue weighted by Crippen LogP contribution is -2.29. The van der Waals surface area contributed by atoms with Crippen molar-refractivity contribution in [3.63, 3.8) is 0 Å². The lowest BCUT2D eigenvalue weighted by molar-refractivity contribution is -0.135. The molecule has 2 aromatic rings. The van der Waals surface area contributed by atoms with Gasteiger partial charge in [-0.05, 0) is 12.1 Å². The summed E-state index contributed by atoms with van der Waals surface area (Å²) >= 11 is 11.4. The first-order valence-electron chi connectivity index (χ1n) is 5.90. The molecule has 8 nitrogen and oxygen atoms in total. The van der Waals surface area contributed by atoms with Gasteiger partial charge >= 0.3 is 5.97 Å². The molecule has 0 spiro atoms. The van der Waals surface area contributed by atoms with E-state index in [0.29, 0.717) is 5.69 Å². The summed E-state index contributed by atoms with van der Waals surface area (Å²) in [4.78, 5) is 39.1. The number of aromatic nitrogens is 2. The Labute approximate surface area is 133 Å². The highest BCUT2D eigenvalue weighted by Crippen LogP contribution is 2.22.